The van der Waals surface area contributed by atoms with E-state index in [0.29, 0.717) is 6.61 Å². The van der Waals surface area contributed by atoms with Gasteiger partial charge in [-0.2, -0.15) is 0 Å². The topological polar surface area (TPSA) is 29.5 Å². The number of halogens is 1. The lowest BCUT2D eigenvalue weighted by Gasteiger charge is -2.37. The number of aliphatic hydroxyl groups is 1. The van der Waals surface area contributed by atoms with Crippen LogP contribution in [0.15, 0.2) is 11.4 Å². The molecule has 18 heavy (non-hydrogen) atoms. The Hall–Kier alpha value is -0.193. The SMILES string of the molecule is CC(C)(C)[Si](C)(C)OC[C@@H]1CCC/C1=C(\F)CO. The second-order valence-corrected chi connectivity index (χ2v) is 11.6. The van der Waals surface area contributed by atoms with E-state index in [1.807, 2.05) is 0 Å². The lowest BCUT2D eigenvalue weighted by molar-refractivity contribution is 0.241. The molecule has 1 aliphatic carbocycles. The second-order valence-electron chi connectivity index (χ2n) is 6.75. The van der Waals surface area contributed by atoms with Gasteiger partial charge in [0.25, 0.3) is 0 Å². The van der Waals surface area contributed by atoms with Crippen LogP contribution in [0.1, 0.15) is 40.0 Å². The number of hydrogen-bond donors (Lipinski definition) is 1. The molecular formula is C14H27FO2Si. The number of aliphatic hydroxyl groups excluding tert-OH is 1. The minimum atomic E-state index is -1.75. The summed E-state index contributed by atoms with van der Waals surface area (Å²) in [4.78, 5) is 0. The maximum absolute atomic E-state index is 13.5. The first-order valence-corrected chi connectivity index (χ1v) is 9.72. The van der Waals surface area contributed by atoms with Crippen LogP contribution >= 0.6 is 0 Å². The van der Waals surface area contributed by atoms with E-state index in [1.165, 1.54) is 0 Å². The van der Waals surface area contributed by atoms with Crippen molar-refractivity contribution in [3.05, 3.63) is 11.4 Å². The molecule has 0 aromatic carbocycles. The first-order chi connectivity index (χ1) is 8.19. The Bertz CT molecular complexity index is 318. The van der Waals surface area contributed by atoms with Gasteiger partial charge in [-0.3, -0.25) is 0 Å². The van der Waals surface area contributed by atoms with E-state index in [4.69, 9.17) is 9.53 Å². The molecule has 1 atom stereocenters. The van der Waals surface area contributed by atoms with E-state index in [2.05, 4.69) is 33.9 Å². The van der Waals surface area contributed by atoms with E-state index < -0.39 is 14.9 Å². The first-order valence-electron chi connectivity index (χ1n) is 6.81. The van der Waals surface area contributed by atoms with Crippen molar-refractivity contribution < 1.29 is 13.9 Å². The molecule has 0 bridgehead atoms. The van der Waals surface area contributed by atoms with Crippen molar-refractivity contribution in [2.75, 3.05) is 13.2 Å². The average molecular weight is 274 g/mol. The molecule has 2 nitrogen and oxygen atoms in total. The highest BCUT2D eigenvalue weighted by atomic mass is 28.4. The highest BCUT2D eigenvalue weighted by Crippen LogP contribution is 2.39. The second kappa shape index (κ2) is 5.84. The fraction of sp³-hybridized carbons (Fsp3) is 0.857. The van der Waals surface area contributed by atoms with Crippen LogP contribution in [0, 0.1) is 5.92 Å². The molecular weight excluding hydrogens is 247 g/mol. The first kappa shape index (κ1) is 15.9. The Labute approximate surface area is 111 Å². The molecule has 1 fully saturated rings. The van der Waals surface area contributed by atoms with Crippen LogP contribution in [0.5, 0.6) is 0 Å². The van der Waals surface area contributed by atoms with Crippen molar-refractivity contribution in [2.45, 2.75) is 58.2 Å². The van der Waals surface area contributed by atoms with Crippen molar-refractivity contribution in [2.24, 2.45) is 5.92 Å². The molecule has 0 aromatic rings. The lowest BCUT2D eigenvalue weighted by Crippen LogP contribution is -2.41. The third-order valence-corrected chi connectivity index (χ3v) is 8.93. The molecule has 1 N–H and O–H groups in total. The molecule has 4 heteroatoms. The fourth-order valence-corrected chi connectivity index (χ4v) is 3.14. The molecule has 1 aliphatic rings. The fourth-order valence-electron chi connectivity index (χ4n) is 2.09. The van der Waals surface area contributed by atoms with E-state index in [9.17, 15) is 4.39 Å². The number of hydrogen-bond acceptors (Lipinski definition) is 2. The quantitative estimate of drug-likeness (QED) is 0.784. The van der Waals surface area contributed by atoms with Gasteiger partial charge < -0.3 is 9.53 Å². The van der Waals surface area contributed by atoms with Crippen LogP contribution in [-0.2, 0) is 4.43 Å². The van der Waals surface area contributed by atoms with Gasteiger partial charge in [0, 0.05) is 12.5 Å². The summed E-state index contributed by atoms with van der Waals surface area (Å²) in [6.45, 7) is 11.2. The standard InChI is InChI=1S/C14H27FO2Si/c1-14(2,3)18(4,5)17-10-11-7-6-8-12(11)13(15)9-16/h11,16H,6-10H2,1-5H3/b13-12+/t11-/m0/s1. The molecule has 0 saturated heterocycles. The van der Waals surface area contributed by atoms with Crippen molar-refractivity contribution in [3.63, 3.8) is 0 Å². The van der Waals surface area contributed by atoms with Gasteiger partial charge in [0.2, 0.25) is 0 Å². The van der Waals surface area contributed by atoms with Crippen LogP contribution in [-0.4, -0.2) is 26.6 Å². The Morgan fingerprint density at radius 3 is 2.56 bits per heavy atom. The molecule has 0 radical (unpaired) electrons. The number of rotatable bonds is 4. The summed E-state index contributed by atoms with van der Waals surface area (Å²) in [6.07, 6.45) is 2.77. The molecule has 1 rings (SSSR count). The molecule has 0 spiro atoms. The van der Waals surface area contributed by atoms with Crippen molar-refractivity contribution >= 4 is 8.32 Å². The lowest BCUT2D eigenvalue weighted by atomic mass is 10.0. The van der Waals surface area contributed by atoms with Gasteiger partial charge in [-0.25, -0.2) is 4.39 Å². The zero-order valence-electron chi connectivity index (χ0n) is 12.3. The summed E-state index contributed by atoms with van der Waals surface area (Å²) in [6, 6.07) is 0. The van der Waals surface area contributed by atoms with Gasteiger partial charge >= 0.3 is 0 Å². The van der Waals surface area contributed by atoms with Crippen LogP contribution in [0.25, 0.3) is 0 Å². The summed E-state index contributed by atoms with van der Waals surface area (Å²) in [7, 11) is -1.75. The monoisotopic (exact) mass is 274 g/mol. The summed E-state index contributed by atoms with van der Waals surface area (Å²) in [5.41, 5.74) is 0.788. The highest BCUT2D eigenvalue weighted by molar-refractivity contribution is 6.74. The molecule has 0 heterocycles. The van der Waals surface area contributed by atoms with E-state index in [0.717, 1.165) is 24.8 Å². The smallest absolute Gasteiger partial charge is 0.192 e. The summed E-state index contributed by atoms with van der Waals surface area (Å²) in [5, 5.41) is 9.09. The molecule has 1 saturated carbocycles. The van der Waals surface area contributed by atoms with Gasteiger partial charge in [-0.05, 0) is 43.0 Å². The zero-order chi connectivity index (χ0) is 14.0. The molecule has 0 unspecified atom stereocenters. The predicted octanol–water partition coefficient (Wildman–Crippen LogP) is 4.02. The van der Waals surface area contributed by atoms with Gasteiger partial charge in [0.05, 0.1) is 6.61 Å². The van der Waals surface area contributed by atoms with Crippen molar-refractivity contribution in [1.82, 2.24) is 0 Å². The van der Waals surface area contributed by atoms with E-state index in [1.54, 1.807) is 0 Å². The molecule has 0 aromatic heterocycles. The van der Waals surface area contributed by atoms with Gasteiger partial charge in [-0.15, -0.1) is 0 Å². The minimum absolute atomic E-state index is 0.172. The third kappa shape index (κ3) is 3.65. The average Bonchev–Trinajstić information content (AvgIpc) is 2.72. The van der Waals surface area contributed by atoms with Gasteiger partial charge in [-0.1, -0.05) is 20.8 Å². The molecule has 106 valence electrons. The summed E-state index contributed by atoms with van der Waals surface area (Å²) >= 11 is 0. The van der Waals surface area contributed by atoms with Gasteiger partial charge in [0.1, 0.15) is 5.83 Å². The Morgan fingerprint density at radius 2 is 2.06 bits per heavy atom. The normalized spacial score (nSPS) is 24.5. The van der Waals surface area contributed by atoms with Crippen LogP contribution < -0.4 is 0 Å². The predicted molar refractivity (Wildman–Crippen MR) is 75.7 cm³/mol. The van der Waals surface area contributed by atoms with Crippen LogP contribution in [0.3, 0.4) is 0 Å². The largest absolute Gasteiger partial charge is 0.416 e. The molecule has 0 amide bonds. The summed E-state index contributed by atoms with van der Waals surface area (Å²) in [5.74, 6) is -0.164. The Morgan fingerprint density at radius 1 is 1.44 bits per heavy atom. The maximum Gasteiger partial charge on any atom is 0.192 e. The van der Waals surface area contributed by atoms with Crippen LogP contribution in [0.2, 0.25) is 18.1 Å². The summed E-state index contributed by atoms with van der Waals surface area (Å²) < 4.78 is 19.7. The highest BCUT2D eigenvalue weighted by Gasteiger charge is 2.38. The minimum Gasteiger partial charge on any atom is -0.416 e. The Balaban J connectivity index is 2.64. The Kier molecular flexibility index (Phi) is 5.15. The van der Waals surface area contributed by atoms with Gasteiger partial charge in [0.15, 0.2) is 8.32 Å². The van der Waals surface area contributed by atoms with E-state index >= 15 is 0 Å². The van der Waals surface area contributed by atoms with Crippen molar-refractivity contribution in [1.29, 1.82) is 0 Å². The van der Waals surface area contributed by atoms with Crippen LogP contribution in [0.4, 0.5) is 4.39 Å². The maximum atomic E-state index is 13.5. The van der Waals surface area contributed by atoms with E-state index in [-0.39, 0.29) is 16.8 Å². The third-order valence-electron chi connectivity index (χ3n) is 4.43. The molecule has 0 aliphatic heterocycles. The van der Waals surface area contributed by atoms with Crippen molar-refractivity contribution in [3.8, 4) is 0 Å². The zero-order valence-corrected chi connectivity index (χ0v) is 13.3.